The maximum Gasteiger partial charge on any atom is 0.0175 e. The van der Waals surface area contributed by atoms with Gasteiger partial charge in [0.05, 0.1) is 0 Å². The molecule has 0 unspecified atom stereocenters. The van der Waals surface area contributed by atoms with Gasteiger partial charge in [0.2, 0.25) is 0 Å². The summed E-state index contributed by atoms with van der Waals surface area (Å²) in [5.41, 5.74) is 3.84. The third-order valence-electron chi connectivity index (χ3n) is 2.73. The van der Waals surface area contributed by atoms with Crippen LogP contribution in [0.2, 0.25) is 0 Å². The van der Waals surface area contributed by atoms with Crippen LogP contribution in [0.25, 0.3) is 12.2 Å². The Morgan fingerprint density at radius 2 is 1.29 bits per heavy atom. The highest BCUT2D eigenvalue weighted by molar-refractivity contribution is 9.10. The van der Waals surface area contributed by atoms with E-state index in [2.05, 4.69) is 83.5 Å². The Bertz CT molecular complexity index is 492. The molecule has 1 heteroatoms. The van der Waals surface area contributed by atoms with Gasteiger partial charge in [-0.15, -0.1) is 0 Å². The Morgan fingerprint density at radius 1 is 0.824 bits per heavy atom. The minimum atomic E-state index is 1.09. The summed E-state index contributed by atoms with van der Waals surface area (Å²) >= 11 is 3.43. The van der Waals surface area contributed by atoms with Crippen LogP contribution in [0.1, 0.15) is 23.6 Å². The van der Waals surface area contributed by atoms with Crippen LogP contribution in [0, 0.1) is 0 Å². The summed E-state index contributed by atoms with van der Waals surface area (Å²) in [4.78, 5) is 0. The maximum absolute atomic E-state index is 3.43. The lowest BCUT2D eigenvalue weighted by molar-refractivity contribution is 1.14. The van der Waals surface area contributed by atoms with Gasteiger partial charge in [-0.05, 0) is 35.2 Å². The minimum absolute atomic E-state index is 1.09. The normalized spacial score (nSPS) is 10.9. The lowest BCUT2D eigenvalue weighted by atomic mass is 10.1. The van der Waals surface area contributed by atoms with Crippen molar-refractivity contribution in [1.82, 2.24) is 0 Å². The molecule has 0 saturated carbocycles. The van der Waals surface area contributed by atoms with E-state index in [0.29, 0.717) is 0 Å². The second-order valence-electron chi connectivity index (χ2n) is 3.98. The monoisotopic (exact) mass is 286 g/mol. The van der Waals surface area contributed by atoms with E-state index < -0.39 is 0 Å². The first kappa shape index (κ1) is 12.1. The molecule has 0 amide bonds. The lowest BCUT2D eigenvalue weighted by Gasteiger charge is -1.98. The van der Waals surface area contributed by atoms with E-state index in [9.17, 15) is 0 Å². The zero-order chi connectivity index (χ0) is 12.1. The van der Waals surface area contributed by atoms with Crippen molar-refractivity contribution in [1.29, 1.82) is 0 Å². The number of rotatable bonds is 3. The molecule has 86 valence electrons. The first-order chi connectivity index (χ1) is 8.28. The summed E-state index contributed by atoms with van der Waals surface area (Å²) in [6, 6.07) is 17.0. The zero-order valence-electron chi connectivity index (χ0n) is 9.86. The Hall–Kier alpha value is -1.34. The molecule has 0 atom stereocenters. The number of aryl methyl sites for hydroxylation is 1. The van der Waals surface area contributed by atoms with Crippen molar-refractivity contribution in [2.75, 3.05) is 0 Å². The third kappa shape index (κ3) is 3.57. The van der Waals surface area contributed by atoms with Gasteiger partial charge in [-0.25, -0.2) is 0 Å². The van der Waals surface area contributed by atoms with Gasteiger partial charge in [-0.2, -0.15) is 0 Å². The quantitative estimate of drug-likeness (QED) is 0.682. The molecule has 0 aliphatic rings. The van der Waals surface area contributed by atoms with Crippen LogP contribution < -0.4 is 0 Å². The molecule has 0 nitrogen and oxygen atoms in total. The van der Waals surface area contributed by atoms with Crippen molar-refractivity contribution < 1.29 is 0 Å². The van der Waals surface area contributed by atoms with Gasteiger partial charge in [0, 0.05) is 4.47 Å². The SMILES string of the molecule is CCc1ccc(C=Cc2ccc(Br)cc2)cc1. The highest BCUT2D eigenvalue weighted by atomic mass is 79.9. The molecule has 0 bridgehead atoms. The van der Waals surface area contributed by atoms with Gasteiger partial charge in [-0.1, -0.05) is 71.4 Å². The van der Waals surface area contributed by atoms with Gasteiger partial charge in [0.25, 0.3) is 0 Å². The van der Waals surface area contributed by atoms with E-state index in [1.54, 1.807) is 0 Å². The minimum Gasteiger partial charge on any atom is -0.0613 e. The van der Waals surface area contributed by atoms with Crippen LogP contribution in [0.4, 0.5) is 0 Å². The molecule has 2 rings (SSSR count). The molecular formula is C16H15Br. The Labute approximate surface area is 111 Å². The van der Waals surface area contributed by atoms with Crippen LogP contribution >= 0.6 is 15.9 Å². The summed E-state index contributed by atoms with van der Waals surface area (Å²) in [5.74, 6) is 0. The Morgan fingerprint density at radius 3 is 1.76 bits per heavy atom. The van der Waals surface area contributed by atoms with Crippen LogP contribution in [0.15, 0.2) is 53.0 Å². The van der Waals surface area contributed by atoms with Crippen LogP contribution in [-0.4, -0.2) is 0 Å². The highest BCUT2D eigenvalue weighted by Gasteiger charge is 1.90. The van der Waals surface area contributed by atoms with Crippen molar-refractivity contribution >= 4 is 28.1 Å². The predicted octanol–water partition coefficient (Wildman–Crippen LogP) is 5.18. The molecule has 0 aromatic heterocycles. The molecular weight excluding hydrogens is 272 g/mol. The standard InChI is InChI=1S/C16H15Br/c1-2-13-3-5-14(6-4-13)7-8-15-9-11-16(17)12-10-15/h3-12H,2H2,1H3. The summed E-state index contributed by atoms with van der Waals surface area (Å²) in [5, 5.41) is 0. The first-order valence-corrected chi connectivity index (χ1v) is 6.60. The Kier molecular flexibility index (Phi) is 4.16. The largest absolute Gasteiger partial charge is 0.0613 e. The average Bonchev–Trinajstić information content (AvgIpc) is 2.39. The van der Waals surface area contributed by atoms with Crippen molar-refractivity contribution in [3.05, 3.63) is 69.7 Å². The fraction of sp³-hybridized carbons (Fsp3) is 0.125. The third-order valence-corrected chi connectivity index (χ3v) is 3.25. The van der Waals surface area contributed by atoms with Crippen molar-refractivity contribution in [3.8, 4) is 0 Å². The van der Waals surface area contributed by atoms with Gasteiger partial charge in [0.15, 0.2) is 0 Å². The molecule has 0 heterocycles. The van der Waals surface area contributed by atoms with E-state index in [1.807, 2.05) is 0 Å². The molecule has 0 fully saturated rings. The second-order valence-corrected chi connectivity index (χ2v) is 4.90. The smallest absolute Gasteiger partial charge is 0.0175 e. The molecule has 0 saturated heterocycles. The molecule has 0 aliphatic heterocycles. The van der Waals surface area contributed by atoms with E-state index in [4.69, 9.17) is 0 Å². The van der Waals surface area contributed by atoms with Crippen LogP contribution in [0.3, 0.4) is 0 Å². The predicted molar refractivity (Wildman–Crippen MR) is 78.9 cm³/mol. The van der Waals surface area contributed by atoms with E-state index >= 15 is 0 Å². The molecule has 0 radical (unpaired) electrons. The van der Waals surface area contributed by atoms with Crippen molar-refractivity contribution in [2.24, 2.45) is 0 Å². The van der Waals surface area contributed by atoms with E-state index in [1.165, 1.54) is 16.7 Å². The van der Waals surface area contributed by atoms with Gasteiger partial charge in [-0.3, -0.25) is 0 Å². The molecule has 0 aliphatic carbocycles. The molecule has 17 heavy (non-hydrogen) atoms. The summed E-state index contributed by atoms with van der Waals surface area (Å²) in [7, 11) is 0. The Balaban J connectivity index is 2.11. The zero-order valence-corrected chi connectivity index (χ0v) is 11.4. The van der Waals surface area contributed by atoms with Gasteiger partial charge >= 0.3 is 0 Å². The number of hydrogen-bond acceptors (Lipinski definition) is 0. The van der Waals surface area contributed by atoms with Gasteiger partial charge in [0.1, 0.15) is 0 Å². The van der Waals surface area contributed by atoms with Crippen molar-refractivity contribution in [2.45, 2.75) is 13.3 Å². The number of hydrogen-bond donors (Lipinski definition) is 0. The summed E-state index contributed by atoms with van der Waals surface area (Å²) < 4.78 is 1.11. The lowest BCUT2D eigenvalue weighted by Crippen LogP contribution is -1.79. The maximum atomic E-state index is 3.43. The van der Waals surface area contributed by atoms with Crippen LogP contribution in [0.5, 0.6) is 0 Å². The highest BCUT2D eigenvalue weighted by Crippen LogP contribution is 2.13. The number of halogens is 1. The molecule has 0 N–H and O–H groups in total. The van der Waals surface area contributed by atoms with E-state index in [0.717, 1.165) is 10.9 Å². The van der Waals surface area contributed by atoms with Gasteiger partial charge < -0.3 is 0 Å². The fourth-order valence-electron chi connectivity index (χ4n) is 1.63. The number of benzene rings is 2. The van der Waals surface area contributed by atoms with E-state index in [-0.39, 0.29) is 0 Å². The van der Waals surface area contributed by atoms with Crippen molar-refractivity contribution in [3.63, 3.8) is 0 Å². The topological polar surface area (TPSA) is 0 Å². The summed E-state index contributed by atoms with van der Waals surface area (Å²) in [6.07, 6.45) is 5.37. The average molecular weight is 287 g/mol. The molecule has 2 aromatic rings. The summed E-state index contributed by atoms with van der Waals surface area (Å²) in [6.45, 7) is 2.17. The second kappa shape index (κ2) is 5.83. The molecule has 0 spiro atoms. The fourth-order valence-corrected chi connectivity index (χ4v) is 1.90. The first-order valence-electron chi connectivity index (χ1n) is 5.80. The molecule has 2 aromatic carbocycles. The van der Waals surface area contributed by atoms with Crippen LogP contribution in [-0.2, 0) is 6.42 Å².